The second kappa shape index (κ2) is 5.12. The van der Waals surface area contributed by atoms with Crippen LogP contribution in [0.3, 0.4) is 0 Å². The Morgan fingerprint density at radius 3 is 2.67 bits per heavy atom. The second-order valence-electron chi connectivity index (χ2n) is 4.13. The van der Waals surface area contributed by atoms with E-state index in [0.29, 0.717) is 22.7 Å². The van der Waals surface area contributed by atoms with E-state index in [-0.39, 0.29) is 5.95 Å². The third-order valence-corrected chi connectivity index (χ3v) is 2.97. The van der Waals surface area contributed by atoms with Crippen LogP contribution in [0.2, 0.25) is 0 Å². The lowest BCUT2D eigenvalue weighted by Crippen LogP contribution is -2.13. The van der Waals surface area contributed by atoms with Crippen LogP contribution in [-0.2, 0) is 0 Å². The third-order valence-electron chi connectivity index (χ3n) is 2.97. The van der Waals surface area contributed by atoms with Gasteiger partial charge in [-0.3, -0.25) is 10.1 Å². The minimum Gasteiger partial charge on any atom is -0.496 e. The van der Waals surface area contributed by atoms with E-state index < -0.39 is 5.91 Å². The Balaban J connectivity index is 2.01. The molecule has 0 radical (unpaired) electrons. The number of hydrogen-bond donors (Lipinski definition) is 3. The first kappa shape index (κ1) is 12.9. The molecule has 2 heterocycles. The number of anilines is 1. The maximum Gasteiger partial charge on any atom is 0.274 e. The zero-order valence-corrected chi connectivity index (χ0v) is 11.3. The summed E-state index contributed by atoms with van der Waals surface area (Å²) in [6.07, 6.45) is 0. The molecule has 0 atom stereocenters. The van der Waals surface area contributed by atoms with Crippen molar-refractivity contribution in [3.05, 3.63) is 23.9 Å². The number of ether oxygens (including phenoxy) is 2. The number of nitrogens with zero attached hydrogens (tertiary/aromatic N) is 3. The number of methoxy groups -OCH3 is 2. The van der Waals surface area contributed by atoms with Crippen LogP contribution in [0, 0.1) is 0 Å². The highest BCUT2D eigenvalue weighted by Gasteiger charge is 2.16. The molecule has 0 saturated carbocycles. The second-order valence-corrected chi connectivity index (χ2v) is 4.13. The van der Waals surface area contributed by atoms with Gasteiger partial charge >= 0.3 is 0 Å². The average molecular weight is 288 g/mol. The van der Waals surface area contributed by atoms with Crippen molar-refractivity contribution in [3.8, 4) is 11.5 Å². The standard InChI is InChI=1S/C12H12N6O3/c1-20-8-3-4-9(21-2)10-6(8)5-7(13-10)11(19)14-12-15-17-18-16-12/h3-5,13H,1-2H3,(H2,14,15,16,17,18,19). The van der Waals surface area contributed by atoms with Gasteiger partial charge in [0.15, 0.2) is 0 Å². The van der Waals surface area contributed by atoms with Crippen molar-refractivity contribution in [2.45, 2.75) is 0 Å². The van der Waals surface area contributed by atoms with Crippen LogP contribution in [-0.4, -0.2) is 45.7 Å². The Labute approximate surface area is 118 Å². The molecule has 2 aromatic heterocycles. The molecular weight excluding hydrogens is 276 g/mol. The molecule has 1 amide bonds. The van der Waals surface area contributed by atoms with Gasteiger partial charge in [-0.2, -0.15) is 5.21 Å². The molecule has 0 aliphatic rings. The van der Waals surface area contributed by atoms with Gasteiger partial charge in [-0.25, -0.2) is 0 Å². The van der Waals surface area contributed by atoms with Gasteiger partial charge in [0.05, 0.1) is 19.7 Å². The largest absolute Gasteiger partial charge is 0.496 e. The lowest BCUT2D eigenvalue weighted by molar-refractivity contribution is 0.102. The fraction of sp³-hybridized carbons (Fsp3) is 0.167. The number of carbonyl (C=O) groups excluding carboxylic acids is 1. The van der Waals surface area contributed by atoms with Gasteiger partial charge < -0.3 is 14.5 Å². The molecule has 21 heavy (non-hydrogen) atoms. The van der Waals surface area contributed by atoms with E-state index >= 15 is 0 Å². The van der Waals surface area contributed by atoms with Crippen LogP contribution in [0.1, 0.15) is 10.5 Å². The molecule has 1 aromatic carbocycles. The van der Waals surface area contributed by atoms with Crippen LogP contribution in [0.25, 0.3) is 10.9 Å². The smallest absolute Gasteiger partial charge is 0.274 e. The predicted molar refractivity (Wildman–Crippen MR) is 73.5 cm³/mol. The van der Waals surface area contributed by atoms with Crippen molar-refractivity contribution in [3.63, 3.8) is 0 Å². The molecule has 9 heteroatoms. The molecule has 0 spiro atoms. The third kappa shape index (κ3) is 2.24. The summed E-state index contributed by atoms with van der Waals surface area (Å²) in [5.74, 6) is 0.958. The Morgan fingerprint density at radius 2 is 2.00 bits per heavy atom. The minimum atomic E-state index is -0.392. The summed E-state index contributed by atoms with van der Waals surface area (Å²) < 4.78 is 10.5. The van der Waals surface area contributed by atoms with Crippen molar-refractivity contribution >= 4 is 22.8 Å². The summed E-state index contributed by atoms with van der Waals surface area (Å²) in [6.45, 7) is 0. The number of tetrazole rings is 1. The summed E-state index contributed by atoms with van der Waals surface area (Å²) in [5, 5.41) is 16.2. The van der Waals surface area contributed by atoms with Gasteiger partial charge in [0.25, 0.3) is 11.9 Å². The number of benzene rings is 1. The van der Waals surface area contributed by atoms with Crippen LogP contribution in [0.4, 0.5) is 5.95 Å². The molecule has 9 nitrogen and oxygen atoms in total. The number of amides is 1. The summed E-state index contributed by atoms with van der Waals surface area (Å²) in [6, 6.07) is 5.21. The number of carbonyl (C=O) groups is 1. The highest BCUT2D eigenvalue weighted by Crippen LogP contribution is 2.33. The highest BCUT2D eigenvalue weighted by atomic mass is 16.5. The zero-order valence-electron chi connectivity index (χ0n) is 11.3. The van der Waals surface area contributed by atoms with Crippen molar-refractivity contribution in [2.24, 2.45) is 0 Å². The first-order valence-corrected chi connectivity index (χ1v) is 6.01. The molecule has 3 aromatic rings. The fourth-order valence-corrected chi connectivity index (χ4v) is 2.02. The monoisotopic (exact) mass is 288 g/mol. The van der Waals surface area contributed by atoms with Gasteiger partial charge in [0, 0.05) is 5.39 Å². The lowest BCUT2D eigenvalue weighted by Gasteiger charge is -2.05. The van der Waals surface area contributed by atoms with Crippen molar-refractivity contribution in [2.75, 3.05) is 19.5 Å². The van der Waals surface area contributed by atoms with Gasteiger partial charge in [0.2, 0.25) is 0 Å². The molecule has 0 bridgehead atoms. The first-order chi connectivity index (χ1) is 10.2. The number of H-pyrrole nitrogens is 2. The SMILES string of the molecule is COc1ccc(OC)c2[nH]c(C(=O)Nc3nn[nH]n3)cc12. The van der Waals surface area contributed by atoms with E-state index in [0.717, 1.165) is 5.39 Å². The molecule has 0 unspecified atom stereocenters. The molecular formula is C12H12N6O3. The van der Waals surface area contributed by atoms with Gasteiger partial charge in [-0.1, -0.05) is 5.10 Å². The Bertz CT molecular complexity index is 739. The first-order valence-electron chi connectivity index (χ1n) is 6.01. The van der Waals surface area contributed by atoms with E-state index in [1.807, 2.05) is 0 Å². The molecule has 0 aliphatic carbocycles. The molecule has 0 aliphatic heterocycles. The molecule has 108 valence electrons. The molecule has 0 fully saturated rings. The number of aromatic nitrogens is 5. The predicted octanol–water partition coefficient (Wildman–Crippen LogP) is 0.950. The van der Waals surface area contributed by atoms with Crippen molar-refractivity contribution < 1.29 is 14.3 Å². The fourth-order valence-electron chi connectivity index (χ4n) is 2.02. The summed E-state index contributed by atoms with van der Waals surface area (Å²) in [4.78, 5) is 15.1. The van der Waals surface area contributed by atoms with Gasteiger partial charge in [0.1, 0.15) is 17.2 Å². The van der Waals surface area contributed by atoms with Crippen LogP contribution in [0.5, 0.6) is 11.5 Å². The minimum absolute atomic E-state index is 0.0950. The van der Waals surface area contributed by atoms with Crippen molar-refractivity contribution in [1.29, 1.82) is 0 Å². The lowest BCUT2D eigenvalue weighted by atomic mass is 10.2. The number of hydrogen-bond acceptors (Lipinski definition) is 6. The van der Waals surface area contributed by atoms with Gasteiger partial charge in [-0.15, -0.1) is 5.10 Å². The molecule has 0 saturated heterocycles. The quantitative estimate of drug-likeness (QED) is 0.658. The van der Waals surface area contributed by atoms with E-state index in [2.05, 4.69) is 30.9 Å². The maximum absolute atomic E-state index is 12.1. The van der Waals surface area contributed by atoms with E-state index in [1.165, 1.54) is 0 Å². The molecule has 3 rings (SSSR count). The normalized spacial score (nSPS) is 10.6. The van der Waals surface area contributed by atoms with Crippen LogP contribution >= 0.6 is 0 Å². The highest BCUT2D eigenvalue weighted by molar-refractivity contribution is 6.06. The van der Waals surface area contributed by atoms with E-state index in [1.54, 1.807) is 32.4 Å². The van der Waals surface area contributed by atoms with Crippen molar-refractivity contribution in [1.82, 2.24) is 25.6 Å². The average Bonchev–Trinajstić information content (AvgIpc) is 3.15. The number of nitrogens with one attached hydrogen (secondary N) is 3. The summed E-state index contributed by atoms with van der Waals surface area (Å²) in [7, 11) is 3.12. The summed E-state index contributed by atoms with van der Waals surface area (Å²) in [5.41, 5.74) is 1.01. The Kier molecular flexibility index (Phi) is 3.14. The topological polar surface area (TPSA) is 118 Å². The number of fused-ring (bicyclic) bond motifs is 1. The number of aromatic amines is 2. The molecule has 3 N–H and O–H groups in total. The summed E-state index contributed by atoms with van der Waals surface area (Å²) >= 11 is 0. The number of rotatable bonds is 4. The van der Waals surface area contributed by atoms with E-state index in [4.69, 9.17) is 9.47 Å². The zero-order chi connectivity index (χ0) is 14.8. The van der Waals surface area contributed by atoms with E-state index in [9.17, 15) is 4.79 Å². The maximum atomic E-state index is 12.1. The Hall–Kier alpha value is -3.10. The Morgan fingerprint density at radius 1 is 1.24 bits per heavy atom. The van der Waals surface area contributed by atoms with Gasteiger partial charge in [-0.05, 0) is 23.4 Å². The van der Waals surface area contributed by atoms with Crippen LogP contribution < -0.4 is 14.8 Å². The van der Waals surface area contributed by atoms with Crippen LogP contribution in [0.15, 0.2) is 18.2 Å².